The van der Waals surface area contributed by atoms with E-state index in [1.165, 1.54) is 75.9 Å². The first kappa shape index (κ1) is 28.1. The van der Waals surface area contributed by atoms with Crippen molar-refractivity contribution >= 4 is 123 Å². The highest BCUT2D eigenvalue weighted by molar-refractivity contribution is 9.11. The molecular weight excluding hydrogens is 801 g/mol. The van der Waals surface area contributed by atoms with Crippen molar-refractivity contribution in [2.24, 2.45) is 0 Å². The van der Waals surface area contributed by atoms with Crippen molar-refractivity contribution in [3.05, 3.63) is 105 Å². The van der Waals surface area contributed by atoms with Gasteiger partial charge < -0.3 is 0 Å². The van der Waals surface area contributed by atoms with Crippen molar-refractivity contribution in [3.8, 4) is 68.3 Å². The van der Waals surface area contributed by atoms with Gasteiger partial charge in [0.2, 0.25) is 0 Å². The van der Waals surface area contributed by atoms with Crippen LogP contribution in [0.5, 0.6) is 0 Å². The molecule has 8 rings (SSSR count). The van der Waals surface area contributed by atoms with Crippen LogP contribution in [0.2, 0.25) is 0 Å². The van der Waals surface area contributed by atoms with Crippen LogP contribution in [0.1, 0.15) is 0 Å². The molecule has 0 aliphatic rings. The zero-order valence-corrected chi connectivity index (χ0v) is 31.0. The van der Waals surface area contributed by atoms with Crippen LogP contribution in [-0.2, 0) is 0 Å². The van der Waals surface area contributed by atoms with Gasteiger partial charge in [0.1, 0.15) is 0 Å². The second-order valence-corrected chi connectivity index (χ2v) is 20.6. The summed E-state index contributed by atoms with van der Waals surface area (Å²) in [4.78, 5) is 18.6. The molecule has 0 aliphatic carbocycles. The first-order valence-corrected chi connectivity index (χ1v) is 20.8. The van der Waals surface area contributed by atoms with Gasteiger partial charge in [-0.1, -0.05) is 0 Å². The van der Waals surface area contributed by atoms with Gasteiger partial charge in [0, 0.05) is 68.3 Å². The Morgan fingerprint density at radius 2 is 0.357 bits per heavy atom. The van der Waals surface area contributed by atoms with Gasteiger partial charge in [-0.25, -0.2) is 0 Å². The molecule has 8 heterocycles. The average molecular weight is 817 g/mol. The van der Waals surface area contributed by atoms with Crippen molar-refractivity contribution in [1.29, 1.82) is 0 Å². The normalized spacial score (nSPS) is 11.6. The molecule has 0 aliphatic heterocycles. The van der Waals surface area contributed by atoms with Gasteiger partial charge in [-0.05, 0) is 129 Å². The molecule has 0 spiro atoms. The lowest BCUT2D eigenvalue weighted by atomic mass is 10.3. The predicted octanol–water partition coefficient (Wildman–Crippen LogP) is 15.4. The summed E-state index contributed by atoms with van der Waals surface area (Å²) in [5.74, 6) is 0. The SMILES string of the molecule is Brc1ccc(-c2ccc(-c3ccc(-c4ccc(-c5ccc(-c6ccc(-c7ccc(-c8ccc(Br)s8)s7)s6)s5)s4)s3)s2)s1. The maximum Gasteiger partial charge on any atom is 0.0705 e. The highest BCUT2D eigenvalue weighted by Gasteiger charge is 2.15. The van der Waals surface area contributed by atoms with Crippen molar-refractivity contribution < 1.29 is 0 Å². The van der Waals surface area contributed by atoms with Crippen LogP contribution in [0.25, 0.3) is 68.3 Å². The molecule has 0 N–H and O–H groups in total. The Labute approximate surface area is 292 Å². The average Bonchev–Trinajstić information content (AvgIpc) is 3.81. The molecule has 0 fully saturated rings. The molecule has 10 heteroatoms. The van der Waals surface area contributed by atoms with E-state index >= 15 is 0 Å². The Balaban J connectivity index is 0.990. The molecular formula is C32H16Br2S8. The first-order valence-electron chi connectivity index (χ1n) is 12.7. The van der Waals surface area contributed by atoms with Crippen LogP contribution in [0.15, 0.2) is 105 Å². The molecule has 0 unspecified atom stereocenters. The molecule has 0 bridgehead atoms. The molecule has 0 saturated carbocycles. The van der Waals surface area contributed by atoms with E-state index in [1.54, 1.807) is 22.7 Å². The molecule has 0 saturated heterocycles. The lowest BCUT2D eigenvalue weighted by Gasteiger charge is -1.93. The number of thiophene rings is 8. The van der Waals surface area contributed by atoms with Crippen LogP contribution in [-0.4, -0.2) is 0 Å². The van der Waals surface area contributed by atoms with Gasteiger partial charge in [0.05, 0.1) is 7.57 Å². The lowest BCUT2D eigenvalue weighted by Crippen LogP contribution is -1.59. The minimum Gasteiger partial charge on any atom is -0.134 e. The second kappa shape index (κ2) is 11.8. The Morgan fingerprint density at radius 3 is 0.500 bits per heavy atom. The maximum absolute atomic E-state index is 3.59. The monoisotopic (exact) mass is 814 g/mol. The summed E-state index contributed by atoms with van der Waals surface area (Å²) < 4.78 is 2.35. The predicted molar refractivity (Wildman–Crippen MR) is 203 cm³/mol. The summed E-state index contributed by atoms with van der Waals surface area (Å²) in [6.45, 7) is 0. The summed E-state index contributed by atoms with van der Waals surface area (Å²) in [6, 6.07) is 35.8. The highest BCUT2D eigenvalue weighted by Crippen LogP contribution is 2.47. The summed E-state index contributed by atoms with van der Waals surface area (Å²) in [5.41, 5.74) is 0. The van der Waals surface area contributed by atoms with E-state index in [1.807, 2.05) is 68.0 Å². The van der Waals surface area contributed by atoms with Gasteiger partial charge in [-0.2, -0.15) is 0 Å². The largest absolute Gasteiger partial charge is 0.134 e. The summed E-state index contributed by atoms with van der Waals surface area (Å²) in [6.07, 6.45) is 0. The van der Waals surface area contributed by atoms with E-state index in [0.29, 0.717) is 0 Å². The Hall–Kier alpha value is -1.44. The van der Waals surface area contributed by atoms with Crippen molar-refractivity contribution in [2.75, 3.05) is 0 Å². The first-order chi connectivity index (χ1) is 20.6. The van der Waals surface area contributed by atoms with Crippen molar-refractivity contribution in [2.45, 2.75) is 0 Å². The fourth-order valence-corrected chi connectivity index (χ4v) is 14.0. The second-order valence-electron chi connectivity index (χ2n) is 9.19. The van der Waals surface area contributed by atoms with Gasteiger partial charge in [-0.3, -0.25) is 0 Å². The van der Waals surface area contributed by atoms with Crippen LogP contribution < -0.4 is 0 Å². The minimum atomic E-state index is 1.17. The van der Waals surface area contributed by atoms with Gasteiger partial charge in [0.25, 0.3) is 0 Å². The lowest BCUT2D eigenvalue weighted by molar-refractivity contribution is 1.89. The fraction of sp³-hybridized carbons (Fsp3) is 0. The fourth-order valence-electron chi connectivity index (χ4n) is 4.51. The van der Waals surface area contributed by atoms with E-state index in [9.17, 15) is 0 Å². The van der Waals surface area contributed by atoms with Gasteiger partial charge >= 0.3 is 0 Å². The molecule has 8 aromatic heterocycles. The minimum absolute atomic E-state index is 1.17. The smallest absolute Gasteiger partial charge is 0.0705 e. The maximum atomic E-state index is 3.59. The zero-order chi connectivity index (χ0) is 28.2. The van der Waals surface area contributed by atoms with Crippen LogP contribution in [0, 0.1) is 0 Å². The number of halogens is 2. The van der Waals surface area contributed by atoms with E-state index in [0.717, 1.165) is 0 Å². The molecule has 0 nitrogen and oxygen atoms in total. The molecule has 0 amide bonds. The Kier molecular flexibility index (Phi) is 7.89. The third kappa shape index (κ3) is 5.60. The van der Waals surface area contributed by atoms with Crippen molar-refractivity contribution in [3.63, 3.8) is 0 Å². The third-order valence-corrected chi connectivity index (χ3v) is 17.6. The standard InChI is InChI=1S/C32H16Br2S8/c33-31-15-13-29(41-31)27-11-9-25(39-27)23-7-5-21(37-23)19-3-1-17(35-19)18-2-4-20(36-18)22-6-8-24(38-22)26-10-12-28(40-26)30-14-16-32(34)42-30/h1-16H. The summed E-state index contributed by atoms with van der Waals surface area (Å²) >= 11 is 22.0. The number of rotatable bonds is 7. The van der Waals surface area contributed by atoms with Gasteiger partial charge in [-0.15, -0.1) is 90.7 Å². The van der Waals surface area contributed by atoms with E-state index in [2.05, 4.69) is 129 Å². The summed E-state index contributed by atoms with van der Waals surface area (Å²) in [7, 11) is 0. The Morgan fingerprint density at radius 1 is 0.214 bits per heavy atom. The molecule has 0 atom stereocenters. The molecule has 0 radical (unpaired) electrons. The third-order valence-electron chi connectivity index (χ3n) is 6.48. The molecule has 0 aromatic carbocycles. The van der Waals surface area contributed by atoms with E-state index in [-0.39, 0.29) is 0 Å². The van der Waals surface area contributed by atoms with E-state index < -0.39 is 0 Å². The molecule has 8 aromatic rings. The summed E-state index contributed by atoms with van der Waals surface area (Å²) in [5, 5.41) is 0. The number of hydrogen-bond acceptors (Lipinski definition) is 8. The quantitative estimate of drug-likeness (QED) is 0.150. The Bertz CT molecular complexity index is 2000. The number of hydrogen-bond donors (Lipinski definition) is 0. The van der Waals surface area contributed by atoms with Crippen LogP contribution in [0.4, 0.5) is 0 Å². The zero-order valence-electron chi connectivity index (χ0n) is 21.3. The van der Waals surface area contributed by atoms with E-state index in [4.69, 9.17) is 0 Å². The van der Waals surface area contributed by atoms with Gasteiger partial charge in [0.15, 0.2) is 0 Å². The van der Waals surface area contributed by atoms with Crippen LogP contribution in [0.3, 0.4) is 0 Å². The highest BCUT2D eigenvalue weighted by atomic mass is 79.9. The topological polar surface area (TPSA) is 0 Å². The van der Waals surface area contributed by atoms with Crippen LogP contribution >= 0.6 is 123 Å². The van der Waals surface area contributed by atoms with Crippen molar-refractivity contribution in [1.82, 2.24) is 0 Å². The molecule has 206 valence electrons. The molecule has 42 heavy (non-hydrogen) atoms.